The van der Waals surface area contributed by atoms with Gasteiger partial charge < -0.3 is 5.32 Å². The van der Waals surface area contributed by atoms with Crippen LogP contribution in [-0.2, 0) is 0 Å². The Morgan fingerprint density at radius 2 is 2.00 bits per heavy atom. The molecule has 0 radical (unpaired) electrons. The van der Waals surface area contributed by atoms with Crippen molar-refractivity contribution in [2.24, 2.45) is 0 Å². The van der Waals surface area contributed by atoms with Crippen molar-refractivity contribution in [3.63, 3.8) is 0 Å². The van der Waals surface area contributed by atoms with Crippen LogP contribution in [0.15, 0.2) is 28.7 Å². The van der Waals surface area contributed by atoms with Crippen LogP contribution in [0.5, 0.6) is 0 Å². The lowest BCUT2D eigenvalue weighted by atomic mass is 10.0. The van der Waals surface area contributed by atoms with Gasteiger partial charge in [0, 0.05) is 10.4 Å². The van der Waals surface area contributed by atoms with E-state index in [2.05, 4.69) is 36.4 Å². The Balaban J connectivity index is 2.10. The zero-order valence-electron chi connectivity index (χ0n) is 12.4. The molecule has 21 heavy (non-hydrogen) atoms. The van der Waals surface area contributed by atoms with E-state index in [1.807, 2.05) is 45.0 Å². The SMILES string of the molecule is CCC(NC(=O)c1n[nH]c(C(C)C)n1)c1ccc(Br)cc1. The Morgan fingerprint density at radius 1 is 1.33 bits per heavy atom. The summed E-state index contributed by atoms with van der Waals surface area (Å²) in [5.41, 5.74) is 1.06. The quantitative estimate of drug-likeness (QED) is 0.865. The Kier molecular flexibility index (Phi) is 5.12. The average molecular weight is 351 g/mol. The molecule has 0 saturated heterocycles. The van der Waals surface area contributed by atoms with Crippen LogP contribution in [0.2, 0.25) is 0 Å². The predicted molar refractivity (Wildman–Crippen MR) is 85.1 cm³/mol. The summed E-state index contributed by atoms with van der Waals surface area (Å²) in [6.07, 6.45) is 0.800. The van der Waals surface area contributed by atoms with Crippen LogP contribution in [0.25, 0.3) is 0 Å². The maximum absolute atomic E-state index is 12.2. The lowest BCUT2D eigenvalue weighted by molar-refractivity contribution is 0.0925. The maximum Gasteiger partial charge on any atom is 0.291 e. The zero-order valence-corrected chi connectivity index (χ0v) is 13.9. The molecule has 1 amide bonds. The van der Waals surface area contributed by atoms with Gasteiger partial charge in [-0.15, -0.1) is 5.10 Å². The molecule has 0 aliphatic rings. The number of rotatable bonds is 5. The molecule has 0 spiro atoms. The first-order valence-corrected chi connectivity index (χ1v) is 7.79. The van der Waals surface area contributed by atoms with E-state index in [-0.39, 0.29) is 23.7 Å². The van der Waals surface area contributed by atoms with E-state index in [1.165, 1.54) is 0 Å². The van der Waals surface area contributed by atoms with Gasteiger partial charge in [0.1, 0.15) is 5.82 Å². The summed E-state index contributed by atoms with van der Waals surface area (Å²) in [6.45, 7) is 6.03. The van der Waals surface area contributed by atoms with Crippen LogP contribution in [-0.4, -0.2) is 21.1 Å². The van der Waals surface area contributed by atoms with Gasteiger partial charge in [0.15, 0.2) is 0 Å². The molecule has 5 nitrogen and oxygen atoms in total. The van der Waals surface area contributed by atoms with Crippen LogP contribution in [0.3, 0.4) is 0 Å². The highest BCUT2D eigenvalue weighted by Crippen LogP contribution is 2.19. The summed E-state index contributed by atoms with van der Waals surface area (Å²) < 4.78 is 1.02. The normalized spacial score (nSPS) is 12.4. The Bertz CT molecular complexity index is 606. The highest BCUT2D eigenvalue weighted by atomic mass is 79.9. The first-order chi connectivity index (χ1) is 10.0. The molecular formula is C15H19BrN4O. The fourth-order valence-electron chi connectivity index (χ4n) is 1.97. The number of aromatic amines is 1. The van der Waals surface area contributed by atoms with E-state index >= 15 is 0 Å². The van der Waals surface area contributed by atoms with E-state index in [1.54, 1.807) is 0 Å². The van der Waals surface area contributed by atoms with Gasteiger partial charge in [0.05, 0.1) is 6.04 Å². The molecule has 1 aromatic carbocycles. The van der Waals surface area contributed by atoms with Crippen LogP contribution in [0.4, 0.5) is 0 Å². The van der Waals surface area contributed by atoms with Crippen molar-refractivity contribution in [2.45, 2.75) is 39.2 Å². The van der Waals surface area contributed by atoms with Gasteiger partial charge in [-0.05, 0) is 24.1 Å². The van der Waals surface area contributed by atoms with Gasteiger partial charge in [-0.1, -0.05) is 48.8 Å². The Labute approximate surface area is 132 Å². The average Bonchev–Trinajstić information content (AvgIpc) is 2.96. The number of hydrogen-bond acceptors (Lipinski definition) is 3. The number of halogens is 1. The second-order valence-electron chi connectivity index (χ2n) is 5.18. The lowest BCUT2D eigenvalue weighted by Crippen LogP contribution is -2.29. The molecule has 0 saturated carbocycles. The Morgan fingerprint density at radius 3 is 2.52 bits per heavy atom. The monoisotopic (exact) mass is 350 g/mol. The molecule has 1 heterocycles. The van der Waals surface area contributed by atoms with E-state index in [9.17, 15) is 4.79 Å². The minimum Gasteiger partial charge on any atom is -0.342 e. The van der Waals surface area contributed by atoms with Crippen molar-refractivity contribution >= 4 is 21.8 Å². The molecule has 2 N–H and O–H groups in total. The molecule has 112 valence electrons. The maximum atomic E-state index is 12.2. The summed E-state index contributed by atoms with van der Waals surface area (Å²) in [5.74, 6) is 0.867. The van der Waals surface area contributed by atoms with Crippen LogP contribution in [0.1, 0.15) is 61.2 Å². The number of hydrogen-bond donors (Lipinski definition) is 2. The summed E-state index contributed by atoms with van der Waals surface area (Å²) in [4.78, 5) is 16.4. The van der Waals surface area contributed by atoms with Gasteiger partial charge in [-0.25, -0.2) is 4.98 Å². The number of amides is 1. The third-order valence-corrected chi connectivity index (χ3v) is 3.77. The van der Waals surface area contributed by atoms with Gasteiger partial charge in [-0.2, -0.15) is 0 Å². The first kappa shape index (κ1) is 15.7. The second kappa shape index (κ2) is 6.85. The van der Waals surface area contributed by atoms with E-state index in [0.29, 0.717) is 0 Å². The molecule has 2 aromatic rings. The standard InChI is InChI=1S/C15H19BrN4O/c1-4-12(10-5-7-11(16)8-6-10)17-15(21)14-18-13(9(2)3)19-20-14/h5-9,12H,4H2,1-3H3,(H,17,21)(H,18,19,20). The number of aromatic nitrogens is 3. The summed E-state index contributed by atoms with van der Waals surface area (Å²) in [7, 11) is 0. The van der Waals surface area contributed by atoms with Gasteiger partial charge in [0.25, 0.3) is 5.91 Å². The number of benzene rings is 1. The number of H-pyrrole nitrogens is 1. The van der Waals surface area contributed by atoms with E-state index < -0.39 is 0 Å². The number of carbonyl (C=O) groups is 1. The Hall–Kier alpha value is -1.69. The molecule has 6 heteroatoms. The fraction of sp³-hybridized carbons (Fsp3) is 0.400. The van der Waals surface area contributed by atoms with Gasteiger partial charge >= 0.3 is 0 Å². The van der Waals surface area contributed by atoms with E-state index in [0.717, 1.165) is 22.3 Å². The van der Waals surface area contributed by atoms with Crippen molar-refractivity contribution < 1.29 is 4.79 Å². The summed E-state index contributed by atoms with van der Waals surface area (Å²) in [6, 6.07) is 7.87. The highest BCUT2D eigenvalue weighted by Gasteiger charge is 2.18. The molecule has 2 rings (SSSR count). The third-order valence-electron chi connectivity index (χ3n) is 3.24. The van der Waals surface area contributed by atoms with Crippen molar-refractivity contribution in [3.8, 4) is 0 Å². The molecule has 0 fully saturated rings. The number of nitrogens with one attached hydrogen (secondary N) is 2. The summed E-state index contributed by atoms with van der Waals surface area (Å²) >= 11 is 3.41. The smallest absolute Gasteiger partial charge is 0.291 e. The molecule has 1 aromatic heterocycles. The third kappa shape index (κ3) is 3.91. The highest BCUT2D eigenvalue weighted by molar-refractivity contribution is 9.10. The first-order valence-electron chi connectivity index (χ1n) is 6.99. The molecule has 1 unspecified atom stereocenters. The van der Waals surface area contributed by atoms with Crippen LogP contribution >= 0.6 is 15.9 Å². The van der Waals surface area contributed by atoms with Gasteiger partial charge in [-0.3, -0.25) is 9.89 Å². The van der Waals surface area contributed by atoms with Crippen LogP contribution in [0, 0.1) is 0 Å². The topological polar surface area (TPSA) is 70.7 Å². The lowest BCUT2D eigenvalue weighted by Gasteiger charge is -2.16. The summed E-state index contributed by atoms with van der Waals surface area (Å²) in [5, 5.41) is 9.75. The fourth-order valence-corrected chi connectivity index (χ4v) is 2.24. The molecule has 0 aliphatic heterocycles. The molecule has 0 bridgehead atoms. The zero-order chi connectivity index (χ0) is 15.4. The second-order valence-corrected chi connectivity index (χ2v) is 6.10. The minimum absolute atomic E-state index is 0.0494. The van der Waals surface area contributed by atoms with E-state index in [4.69, 9.17) is 0 Å². The molecular weight excluding hydrogens is 332 g/mol. The van der Waals surface area contributed by atoms with Crippen molar-refractivity contribution in [3.05, 3.63) is 46.0 Å². The molecule has 1 atom stereocenters. The minimum atomic E-state index is -0.257. The van der Waals surface area contributed by atoms with Crippen molar-refractivity contribution in [1.82, 2.24) is 20.5 Å². The van der Waals surface area contributed by atoms with Crippen LogP contribution < -0.4 is 5.32 Å². The number of nitrogens with zero attached hydrogens (tertiary/aromatic N) is 2. The van der Waals surface area contributed by atoms with Gasteiger partial charge in [0.2, 0.25) is 5.82 Å². The largest absolute Gasteiger partial charge is 0.342 e. The number of carbonyl (C=O) groups excluding carboxylic acids is 1. The predicted octanol–water partition coefficient (Wildman–Crippen LogP) is 3.57. The van der Waals surface area contributed by atoms with Crippen molar-refractivity contribution in [1.29, 1.82) is 0 Å². The van der Waals surface area contributed by atoms with Crippen molar-refractivity contribution in [2.75, 3.05) is 0 Å². The molecule has 0 aliphatic carbocycles.